The first-order valence-electron chi connectivity index (χ1n) is 5.24. The Hall–Kier alpha value is -0.780. The van der Waals surface area contributed by atoms with Gasteiger partial charge in [-0.2, -0.15) is 0 Å². The fourth-order valence-corrected chi connectivity index (χ4v) is 3.22. The highest BCUT2D eigenvalue weighted by Gasteiger charge is 2.21. The third kappa shape index (κ3) is 3.12. The van der Waals surface area contributed by atoms with Gasteiger partial charge in [-0.15, -0.1) is 0 Å². The fourth-order valence-electron chi connectivity index (χ4n) is 1.54. The van der Waals surface area contributed by atoms with E-state index in [1.807, 2.05) is 25.1 Å². The molecule has 0 aliphatic heterocycles. The molecule has 0 aliphatic carbocycles. The second-order valence-corrected chi connectivity index (χ2v) is 5.66. The molecule has 0 saturated carbocycles. The van der Waals surface area contributed by atoms with Crippen LogP contribution in [-0.4, -0.2) is 11.0 Å². The molecular weight excluding hydrogens is 300 g/mol. The van der Waals surface area contributed by atoms with E-state index in [4.69, 9.17) is 10.2 Å². The van der Waals surface area contributed by atoms with Gasteiger partial charge in [0.15, 0.2) is 0 Å². The Morgan fingerprint density at radius 2 is 2.18 bits per heavy atom. The minimum atomic E-state index is 0.00519. The van der Waals surface area contributed by atoms with Crippen LogP contribution in [0.1, 0.15) is 17.7 Å². The molecule has 5 heteroatoms. The lowest BCUT2D eigenvalue weighted by Gasteiger charge is -2.20. The first-order chi connectivity index (χ1) is 8.18. The highest BCUT2D eigenvalue weighted by Crippen LogP contribution is 2.39. The molecule has 0 aliphatic rings. The highest BCUT2D eigenvalue weighted by atomic mass is 79.9. The van der Waals surface area contributed by atoms with Gasteiger partial charge in [0.05, 0.1) is 11.4 Å². The Morgan fingerprint density at radius 3 is 2.76 bits per heavy atom. The van der Waals surface area contributed by atoms with Crippen molar-refractivity contribution in [3.8, 4) is 0 Å². The van der Waals surface area contributed by atoms with E-state index in [2.05, 4.69) is 27.0 Å². The van der Waals surface area contributed by atoms with E-state index < -0.39 is 0 Å². The molecule has 2 unspecified atom stereocenters. The smallest absolute Gasteiger partial charge is 0.256 e. The van der Waals surface area contributed by atoms with Crippen LogP contribution in [0.5, 0.6) is 0 Å². The second kappa shape index (κ2) is 5.71. The normalized spacial score (nSPS) is 14.5. The maximum absolute atomic E-state index is 6.04. The summed E-state index contributed by atoms with van der Waals surface area (Å²) in [6, 6.07) is 8.08. The van der Waals surface area contributed by atoms with Crippen LogP contribution in [0.3, 0.4) is 0 Å². The summed E-state index contributed by atoms with van der Waals surface area (Å²) in [6.07, 6.45) is 3.21. The predicted octanol–water partition coefficient (Wildman–Crippen LogP) is 3.62. The lowest BCUT2D eigenvalue weighted by Crippen LogP contribution is -2.22. The Balaban J connectivity index is 2.27. The van der Waals surface area contributed by atoms with Crippen LogP contribution in [-0.2, 0) is 0 Å². The van der Waals surface area contributed by atoms with Gasteiger partial charge >= 0.3 is 0 Å². The van der Waals surface area contributed by atoms with Gasteiger partial charge in [-0.05, 0) is 18.6 Å². The molecule has 1 aromatic carbocycles. The third-order valence-electron chi connectivity index (χ3n) is 2.33. The number of benzene rings is 1. The fraction of sp³-hybridized carbons (Fsp3) is 0.250. The topological polar surface area (TPSA) is 52.0 Å². The van der Waals surface area contributed by atoms with Crippen LogP contribution in [0, 0.1) is 0 Å². The van der Waals surface area contributed by atoms with Gasteiger partial charge in [-0.25, -0.2) is 4.98 Å². The van der Waals surface area contributed by atoms with E-state index in [1.165, 1.54) is 11.8 Å². The van der Waals surface area contributed by atoms with Gasteiger partial charge in [0, 0.05) is 10.5 Å². The van der Waals surface area contributed by atoms with Gasteiger partial charge in [0.1, 0.15) is 6.26 Å². The van der Waals surface area contributed by atoms with Gasteiger partial charge in [-0.3, -0.25) is 0 Å². The Labute approximate surface area is 113 Å². The van der Waals surface area contributed by atoms with Crippen molar-refractivity contribution in [2.45, 2.75) is 23.4 Å². The molecular formula is C12H13BrN2OS. The SMILES string of the molecule is CC(N)C(Sc1ncco1)c1ccccc1Br. The average Bonchev–Trinajstić information content (AvgIpc) is 2.79. The molecule has 2 rings (SSSR count). The summed E-state index contributed by atoms with van der Waals surface area (Å²) < 4.78 is 6.31. The second-order valence-electron chi connectivity index (χ2n) is 3.72. The zero-order valence-electron chi connectivity index (χ0n) is 9.34. The van der Waals surface area contributed by atoms with Crippen molar-refractivity contribution in [1.82, 2.24) is 4.98 Å². The Morgan fingerprint density at radius 1 is 1.41 bits per heavy atom. The van der Waals surface area contributed by atoms with Crippen molar-refractivity contribution in [3.63, 3.8) is 0 Å². The van der Waals surface area contributed by atoms with Crippen LogP contribution in [0.25, 0.3) is 0 Å². The van der Waals surface area contributed by atoms with Crippen molar-refractivity contribution in [2.24, 2.45) is 5.73 Å². The molecule has 2 atom stereocenters. The molecule has 1 aromatic heterocycles. The lowest BCUT2D eigenvalue weighted by molar-refractivity contribution is 0.452. The van der Waals surface area contributed by atoms with E-state index in [-0.39, 0.29) is 11.3 Å². The molecule has 0 bridgehead atoms. The van der Waals surface area contributed by atoms with E-state index in [0.717, 1.165) is 10.0 Å². The Bertz CT molecular complexity index is 473. The molecule has 0 fully saturated rings. The number of aromatic nitrogens is 1. The molecule has 2 aromatic rings. The summed E-state index contributed by atoms with van der Waals surface area (Å²) in [5.74, 6) is 0. The minimum absolute atomic E-state index is 0.00519. The van der Waals surface area contributed by atoms with E-state index >= 15 is 0 Å². The minimum Gasteiger partial charge on any atom is -0.440 e. The number of nitrogens with zero attached hydrogens (tertiary/aromatic N) is 1. The lowest BCUT2D eigenvalue weighted by atomic mass is 10.1. The third-order valence-corrected chi connectivity index (χ3v) is 4.39. The number of hydrogen-bond acceptors (Lipinski definition) is 4. The van der Waals surface area contributed by atoms with Crippen LogP contribution in [0.2, 0.25) is 0 Å². The van der Waals surface area contributed by atoms with Gasteiger partial charge < -0.3 is 10.2 Å². The van der Waals surface area contributed by atoms with E-state index in [9.17, 15) is 0 Å². The largest absolute Gasteiger partial charge is 0.440 e. The molecule has 0 amide bonds. The number of rotatable bonds is 4. The van der Waals surface area contributed by atoms with Gasteiger partial charge in [0.2, 0.25) is 0 Å². The molecule has 90 valence electrons. The zero-order chi connectivity index (χ0) is 12.3. The molecule has 1 heterocycles. The summed E-state index contributed by atoms with van der Waals surface area (Å²) >= 11 is 5.09. The van der Waals surface area contributed by atoms with E-state index in [0.29, 0.717) is 5.22 Å². The number of oxazole rings is 1. The van der Waals surface area contributed by atoms with Crippen LogP contribution in [0.4, 0.5) is 0 Å². The number of nitrogens with two attached hydrogens (primary N) is 1. The first kappa shape index (κ1) is 12.7. The molecule has 2 N–H and O–H groups in total. The van der Waals surface area contributed by atoms with Gasteiger partial charge in [-0.1, -0.05) is 45.9 Å². The molecule has 0 saturated heterocycles. The molecule has 17 heavy (non-hydrogen) atoms. The molecule has 0 radical (unpaired) electrons. The van der Waals surface area contributed by atoms with Crippen molar-refractivity contribution in [3.05, 3.63) is 46.8 Å². The quantitative estimate of drug-likeness (QED) is 0.876. The summed E-state index contributed by atoms with van der Waals surface area (Å²) in [5.41, 5.74) is 7.20. The maximum atomic E-state index is 6.04. The van der Waals surface area contributed by atoms with Crippen molar-refractivity contribution < 1.29 is 4.42 Å². The van der Waals surface area contributed by atoms with Crippen LogP contribution < -0.4 is 5.73 Å². The predicted molar refractivity (Wildman–Crippen MR) is 72.9 cm³/mol. The van der Waals surface area contributed by atoms with Crippen molar-refractivity contribution in [2.75, 3.05) is 0 Å². The summed E-state index contributed by atoms with van der Waals surface area (Å²) in [6.45, 7) is 1.99. The monoisotopic (exact) mass is 312 g/mol. The molecule has 0 spiro atoms. The standard InChI is InChI=1S/C12H13BrN2OS/c1-8(14)11(17-12-15-6-7-16-12)9-4-2-3-5-10(9)13/h2-8,11H,14H2,1H3. The van der Waals surface area contributed by atoms with Gasteiger partial charge in [0.25, 0.3) is 5.22 Å². The summed E-state index contributed by atoms with van der Waals surface area (Å²) in [5, 5.41) is 0.757. The molecule has 3 nitrogen and oxygen atoms in total. The summed E-state index contributed by atoms with van der Waals surface area (Å²) in [4.78, 5) is 4.12. The maximum Gasteiger partial charge on any atom is 0.256 e. The van der Waals surface area contributed by atoms with Crippen molar-refractivity contribution >= 4 is 27.7 Å². The average molecular weight is 313 g/mol. The summed E-state index contributed by atoms with van der Waals surface area (Å²) in [7, 11) is 0. The van der Waals surface area contributed by atoms with Crippen LogP contribution in [0.15, 0.2) is 50.8 Å². The number of halogens is 1. The van der Waals surface area contributed by atoms with E-state index in [1.54, 1.807) is 12.5 Å². The Kier molecular flexibility index (Phi) is 4.25. The van der Waals surface area contributed by atoms with Crippen molar-refractivity contribution in [1.29, 1.82) is 0 Å². The highest BCUT2D eigenvalue weighted by molar-refractivity contribution is 9.10. The number of hydrogen-bond donors (Lipinski definition) is 1. The number of thioether (sulfide) groups is 1. The first-order valence-corrected chi connectivity index (χ1v) is 6.92. The zero-order valence-corrected chi connectivity index (χ0v) is 11.7. The van der Waals surface area contributed by atoms with Crippen LogP contribution >= 0.6 is 27.7 Å².